The molecule has 62 heavy (non-hydrogen) atoms. The number of hydrogen-bond donors (Lipinski definition) is 5. The van der Waals surface area contributed by atoms with Crippen molar-refractivity contribution < 1.29 is 43.0 Å². The van der Waals surface area contributed by atoms with Crippen molar-refractivity contribution in [1.29, 1.82) is 0 Å². The van der Waals surface area contributed by atoms with Crippen molar-refractivity contribution in [1.82, 2.24) is 43.0 Å². The Morgan fingerprint density at radius 2 is 1.24 bits per heavy atom. The molecule has 5 aromatic rings. The lowest BCUT2D eigenvalue weighted by atomic mass is 10.1. The summed E-state index contributed by atoms with van der Waals surface area (Å²) in [5.41, 5.74) is 0.653. The first-order chi connectivity index (χ1) is 29.1. The minimum absolute atomic E-state index is 0.0373. The third-order valence-electron chi connectivity index (χ3n) is 9.23. The number of rotatable bonds is 15. The molecule has 0 aromatic carbocycles. The lowest BCUT2D eigenvalue weighted by molar-refractivity contribution is -0.121. The maximum absolute atomic E-state index is 13.6. The van der Waals surface area contributed by atoms with E-state index in [4.69, 9.17) is 9.47 Å². The number of ether oxygens (including phenoxy) is 2. The lowest BCUT2D eigenvalue weighted by Gasteiger charge is -2.30. The number of aryl methyl sites for hydroxylation is 5. The van der Waals surface area contributed by atoms with E-state index in [0.29, 0.717) is 11.4 Å². The Bertz CT molecular complexity index is 2510. The van der Waals surface area contributed by atoms with Crippen molar-refractivity contribution in [3.05, 3.63) is 84.0 Å². The Balaban J connectivity index is 1.20. The number of esters is 1. The normalized spacial score (nSPS) is 11.6. The molecule has 5 rings (SSSR count). The van der Waals surface area contributed by atoms with Gasteiger partial charge in [-0.2, -0.15) is 0 Å². The summed E-state index contributed by atoms with van der Waals surface area (Å²) in [4.78, 5) is 101. The van der Waals surface area contributed by atoms with Gasteiger partial charge in [0.15, 0.2) is 11.6 Å². The Morgan fingerprint density at radius 3 is 1.82 bits per heavy atom. The third kappa shape index (κ3) is 10.9. The summed E-state index contributed by atoms with van der Waals surface area (Å²) >= 11 is 0. The van der Waals surface area contributed by atoms with Gasteiger partial charge in [-0.05, 0) is 58.4 Å². The summed E-state index contributed by atoms with van der Waals surface area (Å²) in [6.07, 6.45) is 6.92. The molecule has 0 aliphatic carbocycles. The number of likely N-dealkylation sites (N-methyl/N-ethyl adjacent to an activating group) is 1. The zero-order valence-electron chi connectivity index (χ0n) is 36.1. The maximum atomic E-state index is 13.6. The van der Waals surface area contributed by atoms with Gasteiger partial charge in [0.2, 0.25) is 17.6 Å². The van der Waals surface area contributed by atoms with Crippen LogP contribution in [0.25, 0.3) is 0 Å². The van der Waals surface area contributed by atoms with Crippen molar-refractivity contribution >= 4 is 64.6 Å². The number of carbonyl (C=O) groups is 7. The van der Waals surface area contributed by atoms with Crippen LogP contribution in [0, 0.1) is 0 Å². The van der Waals surface area contributed by atoms with Crippen LogP contribution in [-0.2, 0) is 49.5 Å². The van der Waals surface area contributed by atoms with E-state index >= 15 is 0 Å². The third-order valence-corrected chi connectivity index (χ3v) is 9.23. The van der Waals surface area contributed by atoms with E-state index in [1.54, 1.807) is 96.6 Å². The summed E-state index contributed by atoms with van der Waals surface area (Å²) < 4.78 is 18.0. The molecule has 0 fully saturated rings. The highest BCUT2D eigenvalue weighted by atomic mass is 16.6. The SMILES string of the molecule is CCOC(=O)c1nc(NC(=O)[C@@H](CCNC(=O)c2cc(NC(=O)c3nc(NC(=O)c4cc(NC(=O)c5cccn5C)cn4C)cn3C)cn2C)N(C)C(=O)OC(C)(C)C)cn1C. The van der Waals surface area contributed by atoms with Gasteiger partial charge < -0.3 is 58.9 Å². The van der Waals surface area contributed by atoms with E-state index in [1.165, 1.54) is 51.5 Å². The van der Waals surface area contributed by atoms with Crippen LogP contribution in [0.2, 0.25) is 0 Å². The van der Waals surface area contributed by atoms with Crippen molar-refractivity contribution in [3.63, 3.8) is 0 Å². The fraction of sp³-hybridized carbons (Fsp3) is 0.375. The van der Waals surface area contributed by atoms with Gasteiger partial charge in [-0.3, -0.25) is 28.9 Å². The number of imidazole rings is 2. The standard InChI is InChI=1S/C40H51N13O9/c1-11-61-38(59)32-45-30(22-52(32)9)46-35(56)26(53(10)39(60)62-40(2,3)4)14-15-41-33(54)27-17-24(20-49(27)6)43-37(58)31-44-29(21-51(31)8)47-36(57)28-18-23(19-50(28)7)42-34(55)25-13-12-16-48(25)5/h12-13,16-22,26H,11,14-15H2,1-10H3,(H,41,54)(H,42,55)(H,43,58)(H,46,56)(H,47,57)/t26-/m1/s1. The van der Waals surface area contributed by atoms with Crippen LogP contribution < -0.4 is 26.6 Å². The second-order valence-electron chi connectivity index (χ2n) is 15.3. The molecule has 1 atom stereocenters. The number of anilines is 4. The van der Waals surface area contributed by atoms with Crippen LogP contribution in [-0.4, -0.2) is 111 Å². The lowest BCUT2D eigenvalue weighted by Crippen LogP contribution is -2.48. The number of nitrogens with zero attached hydrogens (tertiary/aromatic N) is 8. The first-order valence-corrected chi connectivity index (χ1v) is 19.3. The van der Waals surface area contributed by atoms with Gasteiger partial charge in [0.1, 0.15) is 28.7 Å². The van der Waals surface area contributed by atoms with E-state index in [1.807, 2.05) is 0 Å². The quantitative estimate of drug-likeness (QED) is 0.0957. The number of aromatic nitrogens is 7. The predicted octanol–water partition coefficient (Wildman–Crippen LogP) is 3.10. The fourth-order valence-electron chi connectivity index (χ4n) is 6.21. The summed E-state index contributed by atoms with van der Waals surface area (Å²) in [7, 11) is 9.53. The van der Waals surface area contributed by atoms with Crippen LogP contribution in [0.5, 0.6) is 0 Å². The topological polar surface area (TPSA) is 252 Å². The van der Waals surface area contributed by atoms with Crippen LogP contribution in [0.3, 0.4) is 0 Å². The van der Waals surface area contributed by atoms with Crippen LogP contribution in [0.15, 0.2) is 55.2 Å². The zero-order valence-corrected chi connectivity index (χ0v) is 36.1. The van der Waals surface area contributed by atoms with Crippen molar-refractivity contribution in [2.45, 2.75) is 45.8 Å². The highest BCUT2D eigenvalue weighted by molar-refractivity contribution is 6.07. The Morgan fingerprint density at radius 1 is 0.694 bits per heavy atom. The molecule has 22 nitrogen and oxygen atoms in total. The second kappa shape index (κ2) is 18.7. The molecule has 0 saturated heterocycles. The first kappa shape index (κ1) is 45.4. The van der Waals surface area contributed by atoms with Gasteiger partial charge in [-0.15, -0.1) is 0 Å². The molecule has 5 N–H and O–H groups in total. The number of nitrogens with one attached hydrogen (secondary N) is 5. The van der Waals surface area contributed by atoms with Gasteiger partial charge in [-0.25, -0.2) is 19.6 Å². The highest BCUT2D eigenvalue weighted by Crippen LogP contribution is 2.20. The summed E-state index contributed by atoms with van der Waals surface area (Å²) in [6, 6.07) is 5.23. The number of hydrogen-bond acceptors (Lipinski definition) is 11. The summed E-state index contributed by atoms with van der Waals surface area (Å²) in [5.74, 6) is -3.31. The fourth-order valence-corrected chi connectivity index (χ4v) is 6.21. The smallest absolute Gasteiger partial charge is 0.410 e. The van der Waals surface area contributed by atoms with Gasteiger partial charge in [0.25, 0.3) is 23.6 Å². The van der Waals surface area contributed by atoms with E-state index in [0.717, 1.165) is 4.90 Å². The minimum atomic E-state index is -1.15. The van der Waals surface area contributed by atoms with Gasteiger partial charge in [-0.1, -0.05) is 0 Å². The average molecular weight is 858 g/mol. The molecule has 0 unspecified atom stereocenters. The molecule has 0 aliphatic rings. The van der Waals surface area contributed by atoms with Crippen LogP contribution in [0.1, 0.15) is 86.8 Å². The van der Waals surface area contributed by atoms with E-state index in [-0.39, 0.29) is 65.8 Å². The molecule has 0 spiro atoms. The molecule has 5 heterocycles. The summed E-state index contributed by atoms with van der Waals surface area (Å²) in [6.45, 7) is 6.77. The molecule has 22 heteroatoms. The number of amides is 6. The van der Waals surface area contributed by atoms with Gasteiger partial charge >= 0.3 is 12.1 Å². The predicted molar refractivity (Wildman–Crippen MR) is 226 cm³/mol. The maximum Gasteiger partial charge on any atom is 0.410 e. The van der Waals surface area contributed by atoms with E-state index < -0.39 is 47.3 Å². The highest BCUT2D eigenvalue weighted by Gasteiger charge is 2.31. The average Bonchev–Trinajstić information content (AvgIpc) is 4.01. The van der Waals surface area contributed by atoms with Crippen molar-refractivity contribution in [2.75, 3.05) is 41.5 Å². The Labute approximate surface area is 356 Å². The molecule has 0 bridgehead atoms. The minimum Gasteiger partial charge on any atom is -0.460 e. The van der Waals surface area contributed by atoms with Crippen LogP contribution >= 0.6 is 0 Å². The molecule has 0 saturated carbocycles. The Hall–Kier alpha value is -7.65. The summed E-state index contributed by atoms with van der Waals surface area (Å²) in [5, 5.41) is 13.5. The molecule has 0 radical (unpaired) electrons. The molecular formula is C40H51N13O9. The van der Waals surface area contributed by atoms with Crippen LogP contribution in [0.4, 0.5) is 27.8 Å². The molecule has 0 aliphatic heterocycles. The molecular weight excluding hydrogens is 807 g/mol. The largest absolute Gasteiger partial charge is 0.460 e. The van der Waals surface area contributed by atoms with Gasteiger partial charge in [0, 0.05) is 79.8 Å². The molecule has 330 valence electrons. The molecule has 5 aromatic heterocycles. The monoisotopic (exact) mass is 857 g/mol. The van der Waals surface area contributed by atoms with Crippen molar-refractivity contribution in [2.24, 2.45) is 35.2 Å². The second-order valence-corrected chi connectivity index (χ2v) is 15.3. The zero-order chi connectivity index (χ0) is 45.6. The van der Waals surface area contributed by atoms with Crippen molar-refractivity contribution in [3.8, 4) is 0 Å². The Kier molecular flexibility index (Phi) is 13.7. The van der Waals surface area contributed by atoms with E-state index in [9.17, 15) is 33.6 Å². The number of carbonyl (C=O) groups excluding carboxylic acids is 7. The first-order valence-electron chi connectivity index (χ1n) is 19.3. The van der Waals surface area contributed by atoms with E-state index in [2.05, 4.69) is 36.6 Å². The van der Waals surface area contributed by atoms with Gasteiger partial charge in [0.05, 0.1) is 18.0 Å². The molecule has 6 amide bonds.